The first-order valence-corrected chi connectivity index (χ1v) is 10.2. The average Bonchev–Trinajstić information content (AvgIpc) is 3.15. The van der Waals surface area contributed by atoms with Gasteiger partial charge in [0.25, 0.3) is 0 Å². The van der Waals surface area contributed by atoms with Crippen LogP contribution in [0.2, 0.25) is 0 Å². The third-order valence-corrected chi connectivity index (χ3v) is 5.94. The topological polar surface area (TPSA) is 33.2 Å². The fraction of sp³-hybridized carbons (Fsp3) is 0.167. The zero-order chi connectivity index (χ0) is 19.3. The zero-order valence-electron chi connectivity index (χ0n) is 15.8. The third kappa shape index (κ3) is 4.12. The van der Waals surface area contributed by atoms with Crippen LogP contribution in [0.15, 0.2) is 84.9 Å². The van der Waals surface area contributed by atoms with E-state index < -0.39 is 0 Å². The molecule has 0 saturated heterocycles. The van der Waals surface area contributed by atoms with Gasteiger partial charge in [0.15, 0.2) is 0 Å². The van der Waals surface area contributed by atoms with Crippen molar-refractivity contribution in [2.45, 2.75) is 18.9 Å². The van der Waals surface area contributed by atoms with Crippen molar-refractivity contribution in [3.63, 3.8) is 0 Å². The molecule has 0 aliphatic rings. The van der Waals surface area contributed by atoms with E-state index in [1.807, 2.05) is 61.6 Å². The summed E-state index contributed by atoms with van der Waals surface area (Å²) in [4.78, 5) is 19.5. The predicted octanol–water partition coefficient (Wildman–Crippen LogP) is 5.48. The second kappa shape index (κ2) is 8.36. The lowest BCUT2D eigenvalue weighted by molar-refractivity contribution is -0.130. The van der Waals surface area contributed by atoms with E-state index in [2.05, 4.69) is 35.3 Å². The van der Waals surface area contributed by atoms with E-state index in [0.717, 1.165) is 26.4 Å². The van der Waals surface area contributed by atoms with Gasteiger partial charge in [-0.1, -0.05) is 72.8 Å². The van der Waals surface area contributed by atoms with E-state index in [4.69, 9.17) is 0 Å². The summed E-state index contributed by atoms with van der Waals surface area (Å²) in [7, 11) is 1.86. The molecule has 4 heteroatoms. The molecule has 0 spiro atoms. The lowest BCUT2D eigenvalue weighted by atomic mass is 9.88. The molecule has 4 rings (SSSR count). The molecule has 0 aliphatic heterocycles. The normalized spacial score (nSPS) is 11.1. The van der Waals surface area contributed by atoms with Gasteiger partial charge in [-0.2, -0.15) is 0 Å². The van der Waals surface area contributed by atoms with Crippen LogP contribution >= 0.6 is 11.3 Å². The Morgan fingerprint density at radius 3 is 2.07 bits per heavy atom. The Hall–Kier alpha value is -2.98. The van der Waals surface area contributed by atoms with Crippen molar-refractivity contribution in [1.82, 2.24) is 9.88 Å². The van der Waals surface area contributed by atoms with Gasteiger partial charge in [0.2, 0.25) is 5.91 Å². The maximum absolute atomic E-state index is 13.0. The maximum Gasteiger partial charge on any atom is 0.223 e. The Labute approximate surface area is 169 Å². The highest BCUT2D eigenvalue weighted by Crippen LogP contribution is 2.29. The van der Waals surface area contributed by atoms with Crippen molar-refractivity contribution in [3.05, 3.63) is 101 Å². The van der Waals surface area contributed by atoms with Crippen LogP contribution in [0.25, 0.3) is 10.2 Å². The number of aromatic nitrogens is 1. The summed E-state index contributed by atoms with van der Waals surface area (Å²) in [5, 5.41) is 0.966. The molecular formula is C24H22N2OS. The molecular weight excluding hydrogens is 364 g/mol. The van der Waals surface area contributed by atoms with Gasteiger partial charge in [-0.05, 0) is 23.3 Å². The second-order valence-electron chi connectivity index (χ2n) is 6.90. The molecule has 1 aromatic heterocycles. The quantitative estimate of drug-likeness (QED) is 0.440. The van der Waals surface area contributed by atoms with Crippen molar-refractivity contribution in [2.24, 2.45) is 0 Å². The summed E-state index contributed by atoms with van der Waals surface area (Å²) in [6, 6.07) is 28.6. The summed E-state index contributed by atoms with van der Waals surface area (Å²) in [5.41, 5.74) is 3.32. The zero-order valence-corrected chi connectivity index (χ0v) is 16.6. The van der Waals surface area contributed by atoms with Gasteiger partial charge in [-0.3, -0.25) is 4.79 Å². The van der Waals surface area contributed by atoms with Gasteiger partial charge in [0.1, 0.15) is 5.01 Å². The van der Waals surface area contributed by atoms with E-state index in [1.165, 1.54) is 0 Å². The number of carbonyl (C=O) groups is 1. The van der Waals surface area contributed by atoms with Gasteiger partial charge >= 0.3 is 0 Å². The molecule has 0 radical (unpaired) electrons. The summed E-state index contributed by atoms with van der Waals surface area (Å²) in [6.07, 6.45) is 0.440. The van der Waals surface area contributed by atoms with E-state index in [1.54, 1.807) is 16.2 Å². The molecule has 0 bridgehead atoms. The van der Waals surface area contributed by atoms with Gasteiger partial charge < -0.3 is 4.90 Å². The number of carbonyl (C=O) groups excluding carboxylic acids is 1. The number of rotatable bonds is 6. The highest BCUT2D eigenvalue weighted by molar-refractivity contribution is 7.18. The lowest BCUT2D eigenvalue weighted by Gasteiger charge is -2.22. The Kier molecular flexibility index (Phi) is 5.49. The fourth-order valence-electron chi connectivity index (χ4n) is 3.41. The van der Waals surface area contributed by atoms with Crippen molar-refractivity contribution in [1.29, 1.82) is 0 Å². The highest BCUT2D eigenvalue weighted by atomic mass is 32.1. The van der Waals surface area contributed by atoms with Gasteiger partial charge in [-0.15, -0.1) is 11.3 Å². The van der Waals surface area contributed by atoms with Crippen LogP contribution in [0.3, 0.4) is 0 Å². The minimum absolute atomic E-state index is 0.0488. The maximum atomic E-state index is 13.0. The first-order valence-electron chi connectivity index (χ1n) is 9.39. The van der Waals surface area contributed by atoms with E-state index >= 15 is 0 Å². The van der Waals surface area contributed by atoms with Crippen LogP contribution in [0.1, 0.15) is 28.5 Å². The molecule has 0 aliphatic carbocycles. The SMILES string of the molecule is CN(Cc1nc2ccccc2s1)C(=O)CC(c1ccccc1)c1ccccc1. The molecule has 0 atom stereocenters. The van der Waals surface area contributed by atoms with Gasteiger partial charge in [0, 0.05) is 19.4 Å². The minimum atomic E-state index is 0.0488. The molecule has 0 N–H and O–H groups in total. The first-order chi connectivity index (χ1) is 13.7. The number of fused-ring (bicyclic) bond motifs is 1. The standard InChI is InChI=1S/C24H22N2OS/c1-26(17-23-25-21-14-8-9-15-22(21)28-23)24(27)16-20(18-10-4-2-5-11-18)19-12-6-3-7-13-19/h2-15,20H,16-17H2,1H3. The summed E-state index contributed by atoms with van der Waals surface area (Å²) >= 11 is 1.65. The minimum Gasteiger partial charge on any atom is -0.339 e. The van der Waals surface area contributed by atoms with Crippen molar-refractivity contribution in [3.8, 4) is 0 Å². The molecule has 1 amide bonds. The molecule has 3 nitrogen and oxygen atoms in total. The van der Waals surface area contributed by atoms with Gasteiger partial charge in [-0.25, -0.2) is 4.98 Å². The predicted molar refractivity (Wildman–Crippen MR) is 115 cm³/mol. The van der Waals surface area contributed by atoms with E-state index in [9.17, 15) is 4.79 Å². The smallest absolute Gasteiger partial charge is 0.223 e. The number of nitrogens with zero attached hydrogens (tertiary/aromatic N) is 2. The number of thiazole rings is 1. The fourth-order valence-corrected chi connectivity index (χ4v) is 4.43. The first kappa shape index (κ1) is 18.4. The Bertz CT molecular complexity index is 987. The second-order valence-corrected chi connectivity index (χ2v) is 8.02. The van der Waals surface area contributed by atoms with Crippen LogP contribution < -0.4 is 0 Å². The van der Waals surface area contributed by atoms with Crippen molar-refractivity contribution < 1.29 is 4.79 Å². The van der Waals surface area contributed by atoms with E-state index in [0.29, 0.717) is 13.0 Å². The molecule has 0 fully saturated rings. The number of amides is 1. The summed E-state index contributed by atoms with van der Waals surface area (Å²) in [6.45, 7) is 0.536. The number of benzene rings is 3. The summed E-state index contributed by atoms with van der Waals surface area (Å²) < 4.78 is 1.16. The van der Waals surface area contributed by atoms with Crippen LogP contribution in [0.5, 0.6) is 0 Å². The monoisotopic (exact) mass is 386 g/mol. The number of hydrogen-bond acceptors (Lipinski definition) is 3. The molecule has 140 valence electrons. The van der Waals surface area contributed by atoms with Crippen LogP contribution in [0, 0.1) is 0 Å². The van der Waals surface area contributed by atoms with Gasteiger partial charge in [0.05, 0.1) is 16.8 Å². The van der Waals surface area contributed by atoms with Crippen molar-refractivity contribution in [2.75, 3.05) is 7.05 Å². The number of para-hydroxylation sites is 1. The van der Waals surface area contributed by atoms with Crippen LogP contribution in [-0.4, -0.2) is 22.8 Å². The van der Waals surface area contributed by atoms with Crippen LogP contribution in [-0.2, 0) is 11.3 Å². The molecule has 1 heterocycles. The third-order valence-electron chi connectivity index (χ3n) is 4.92. The Morgan fingerprint density at radius 1 is 0.893 bits per heavy atom. The van der Waals surface area contributed by atoms with E-state index in [-0.39, 0.29) is 11.8 Å². The van der Waals surface area contributed by atoms with Crippen molar-refractivity contribution >= 4 is 27.5 Å². The average molecular weight is 387 g/mol. The Balaban J connectivity index is 1.52. The largest absolute Gasteiger partial charge is 0.339 e. The number of hydrogen-bond donors (Lipinski definition) is 0. The molecule has 3 aromatic carbocycles. The molecule has 28 heavy (non-hydrogen) atoms. The Morgan fingerprint density at radius 2 is 1.46 bits per heavy atom. The highest BCUT2D eigenvalue weighted by Gasteiger charge is 2.21. The van der Waals surface area contributed by atoms with Crippen LogP contribution in [0.4, 0.5) is 0 Å². The summed E-state index contributed by atoms with van der Waals surface area (Å²) in [5.74, 6) is 0.171. The molecule has 4 aromatic rings. The lowest BCUT2D eigenvalue weighted by Crippen LogP contribution is -2.27. The molecule has 0 saturated carbocycles. The molecule has 0 unspecified atom stereocenters.